The molecule has 7 heteroatoms. The summed E-state index contributed by atoms with van der Waals surface area (Å²) in [6.07, 6.45) is 1.69. The van der Waals surface area contributed by atoms with E-state index < -0.39 is 5.54 Å². The van der Waals surface area contributed by atoms with E-state index in [-0.39, 0.29) is 0 Å². The van der Waals surface area contributed by atoms with E-state index in [1.54, 1.807) is 14.2 Å². The summed E-state index contributed by atoms with van der Waals surface area (Å²) < 4.78 is 12.7. The van der Waals surface area contributed by atoms with Gasteiger partial charge in [0.2, 0.25) is 0 Å². The van der Waals surface area contributed by atoms with Gasteiger partial charge < -0.3 is 14.8 Å². The molecule has 0 saturated carbocycles. The van der Waals surface area contributed by atoms with Gasteiger partial charge in [-0.2, -0.15) is 4.68 Å². The number of nitrogens with zero attached hydrogens (tertiary/aromatic N) is 4. The normalized spacial score (nSPS) is 13.0. The highest BCUT2D eigenvalue weighted by Crippen LogP contribution is 2.35. The molecule has 0 aliphatic carbocycles. The Morgan fingerprint density at radius 2 is 1.83 bits per heavy atom. The van der Waals surface area contributed by atoms with Gasteiger partial charge in [0.25, 0.3) is 0 Å². The minimum absolute atomic E-state index is 0.490. The highest BCUT2D eigenvalue weighted by Gasteiger charge is 2.32. The maximum absolute atomic E-state index is 5.44. The minimum Gasteiger partial charge on any atom is -0.493 e. The molecule has 0 radical (unpaired) electrons. The van der Waals surface area contributed by atoms with Gasteiger partial charge in [0.1, 0.15) is 0 Å². The zero-order chi connectivity index (χ0) is 21.0. The van der Waals surface area contributed by atoms with Crippen LogP contribution in [0.25, 0.3) is 5.69 Å². The predicted octanol–water partition coefficient (Wildman–Crippen LogP) is 4.29. The fourth-order valence-electron chi connectivity index (χ4n) is 3.52. The van der Waals surface area contributed by atoms with Crippen molar-refractivity contribution in [2.24, 2.45) is 0 Å². The number of ether oxygens (including phenoxy) is 2. The minimum atomic E-state index is -0.490. The molecule has 7 nitrogen and oxygen atoms in total. The standard InChI is InChI=1S/C22H29N5O2/c1-7-16-11-9-10-15(3)20(16)27-21(24-25-26-27)22(4,8-2)23-17-12-13-18(28-5)19(14-17)29-6/h9-14,23H,7-8H2,1-6H3/t22-/m0/s1. The van der Waals surface area contributed by atoms with Crippen LogP contribution in [0.5, 0.6) is 11.5 Å². The molecule has 0 fully saturated rings. The number of rotatable bonds is 8. The molecule has 29 heavy (non-hydrogen) atoms. The lowest BCUT2D eigenvalue weighted by atomic mass is 9.96. The summed E-state index contributed by atoms with van der Waals surface area (Å²) in [5.74, 6) is 2.12. The van der Waals surface area contributed by atoms with Crippen molar-refractivity contribution in [3.63, 3.8) is 0 Å². The summed E-state index contributed by atoms with van der Waals surface area (Å²) in [6, 6.07) is 12.1. The molecule has 1 heterocycles. The third-order valence-corrected chi connectivity index (χ3v) is 5.39. The Hall–Kier alpha value is -3.09. The number of nitrogens with one attached hydrogen (secondary N) is 1. The first-order valence-corrected chi connectivity index (χ1v) is 9.85. The lowest BCUT2D eigenvalue weighted by Gasteiger charge is -2.30. The first-order chi connectivity index (χ1) is 14.0. The molecule has 1 N–H and O–H groups in total. The van der Waals surface area contributed by atoms with Crippen molar-refractivity contribution in [2.75, 3.05) is 19.5 Å². The van der Waals surface area contributed by atoms with Gasteiger partial charge >= 0.3 is 0 Å². The average molecular weight is 396 g/mol. The smallest absolute Gasteiger partial charge is 0.181 e. The molecule has 154 valence electrons. The summed E-state index contributed by atoms with van der Waals surface area (Å²) >= 11 is 0. The number of para-hydroxylation sites is 1. The van der Waals surface area contributed by atoms with Gasteiger partial charge in [0, 0.05) is 11.8 Å². The molecule has 0 spiro atoms. The van der Waals surface area contributed by atoms with Crippen molar-refractivity contribution in [1.29, 1.82) is 0 Å². The maximum atomic E-state index is 5.44. The highest BCUT2D eigenvalue weighted by molar-refractivity contribution is 5.56. The first-order valence-electron chi connectivity index (χ1n) is 9.85. The third kappa shape index (κ3) is 3.90. The van der Waals surface area contributed by atoms with Gasteiger partial charge in [-0.3, -0.25) is 0 Å². The molecular weight excluding hydrogens is 366 g/mol. The Morgan fingerprint density at radius 3 is 2.48 bits per heavy atom. The predicted molar refractivity (Wildman–Crippen MR) is 114 cm³/mol. The van der Waals surface area contributed by atoms with Crippen LogP contribution in [0.4, 0.5) is 5.69 Å². The Bertz CT molecular complexity index is 985. The van der Waals surface area contributed by atoms with Crippen molar-refractivity contribution in [2.45, 2.75) is 46.1 Å². The maximum Gasteiger partial charge on any atom is 0.181 e. The number of aromatic nitrogens is 4. The van der Waals surface area contributed by atoms with Gasteiger partial charge in [0.15, 0.2) is 17.3 Å². The van der Waals surface area contributed by atoms with Crippen molar-refractivity contribution in [1.82, 2.24) is 20.2 Å². The topological polar surface area (TPSA) is 74.1 Å². The molecular formula is C22H29N5O2. The van der Waals surface area contributed by atoms with E-state index in [2.05, 4.69) is 66.7 Å². The van der Waals surface area contributed by atoms with E-state index in [1.807, 2.05) is 22.9 Å². The second kappa shape index (κ2) is 8.51. The van der Waals surface area contributed by atoms with Crippen LogP contribution in [-0.2, 0) is 12.0 Å². The zero-order valence-corrected chi connectivity index (χ0v) is 18.0. The molecule has 3 rings (SSSR count). The van der Waals surface area contributed by atoms with Crippen LogP contribution in [0.15, 0.2) is 36.4 Å². The second-order valence-electron chi connectivity index (χ2n) is 7.23. The van der Waals surface area contributed by atoms with E-state index in [9.17, 15) is 0 Å². The Kier molecular flexibility index (Phi) is 6.06. The van der Waals surface area contributed by atoms with E-state index >= 15 is 0 Å². The molecule has 1 atom stereocenters. The summed E-state index contributed by atoms with van der Waals surface area (Å²) in [6.45, 7) is 8.45. The lowest BCUT2D eigenvalue weighted by molar-refractivity contribution is 0.355. The van der Waals surface area contributed by atoms with Crippen molar-refractivity contribution in [3.05, 3.63) is 53.3 Å². The third-order valence-electron chi connectivity index (χ3n) is 5.39. The quantitative estimate of drug-likeness (QED) is 0.613. The van der Waals surface area contributed by atoms with E-state index in [0.29, 0.717) is 11.5 Å². The SMILES string of the molecule is CCc1cccc(C)c1-n1nnnc1[C@](C)(CC)Nc1ccc(OC)c(OC)c1. The van der Waals surface area contributed by atoms with Gasteiger partial charge in [-0.05, 0) is 60.4 Å². The zero-order valence-electron chi connectivity index (χ0n) is 18.0. The first kappa shape index (κ1) is 20.6. The molecule has 3 aromatic rings. The summed E-state index contributed by atoms with van der Waals surface area (Å²) in [7, 11) is 3.26. The number of aryl methyl sites for hydroxylation is 2. The average Bonchev–Trinajstić information content (AvgIpc) is 3.23. The van der Waals surface area contributed by atoms with Crippen LogP contribution in [-0.4, -0.2) is 34.4 Å². The van der Waals surface area contributed by atoms with E-state index in [4.69, 9.17) is 9.47 Å². The van der Waals surface area contributed by atoms with Crippen molar-refractivity contribution in [3.8, 4) is 17.2 Å². The Morgan fingerprint density at radius 1 is 1.07 bits per heavy atom. The molecule has 0 aliphatic heterocycles. The number of anilines is 1. The van der Waals surface area contributed by atoms with Gasteiger partial charge in [-0.25, -0.2) is 0 Å². The summed E-state index contributed by atoms with van der Waals surface area (Å²) in [5.41, 5.74) is 3.81. The molecule has 0 aliphatic rings. The Balaban J connectivity index is 2.05. The van der Waals surface area contributed by atoms with E-state index in [0.717, 1.165) is 35.6 Å². The van der Waals surface area contributed by atoms with Gasteiger partial charge in [-0.1, -0.05) is 32.0 Å². The van der Waals surface area contributed by atoms with Crippen molar-refractivity contribution < 1.29 is 9.47 Å². The second-order valence-corrected chi connectivity index (χ2v) is 7.23. The molecule has 0 bridgehead atoms. The fraction of sp³-hybridized carbons (Fsp3) is 0.409. The van der Waals surface area contributed by atoms with E-state index in [1.165, 1.54) is 5.56 Å². The molecule has 0 saturated heterocycles. The largest absolute Gasteiger partial charge is 0.493 e. The lowest BCUT2D eigenvalue weighted by Crippen LogP contribution is -2.35. The number of benzene rings is 2. The van der Waals surface area contributed by atoms with Gasteiger partial charge in [0.05, 0.1) is 25.4 Å². The number of tetrazole rings is 1. The van der Waals surface area contributed by atoms with Crippen LogP contribution in [0, 0.1) is 6.92 Å². The van der Waals surface area contributed by atoms with Crippen LogP contribution >= 0.6 is 0 Å². The molecule has 0 amide bonds. The van der Waals surface area contributed by atoms with Crippen LogP contribution in [0.1, 0.15) is 44.1 Å². The van der Waals surface area contributed by atoms with Crippen LogP contribution < -0.4 is 14.8 Å². The Labute approximate surface area is 172 Å². The fourth-order valence-corrected chi connectivity index (χ4v) is 3.52. The highest BCUT2D eigenvalue weighted by atomic mass is 16.5. The molecule has 2 aromatic carbocycles. The summed E-state index contributed by atoms with van der Waals surface area (Å²) in [5, 5.41) is 16.4. The summed E-state index contributed by atoms with van der Waals surface area (Å²) in [4.78, 5) is 0. The van der Waals surface area contributed by atoms with Crippen LogP contribution in [0.3, 0.4) is 0 Å². The number of hydrogen-bond acceptors (Lipinski definition) is 6. The molecule has 1 aromatic heterocycles. The van der Waals surface area contributed by atoms with Crippen molar-refractivity contribution >= 4 is 5.69 Å². The number of hydrogen-bond donors (Lipinski definition) is 1. The van der Waals surface area contributed by atoms with Gasteiger partial charge in [-0.15, -0.1) is 5.10 Å². The monoisotopic (exact) mass is 395 g/mol. The number of methoxy groups -OCH3 is 2. The molecule has 0 unspecified atom stereocenters. The van der Waals surface area contributed by atoms with Crippen LogP contribution in [0.2, 0.25) is 0 Å².